The Balaban J connectivity index is 1.58. The number of nitrogens with zero attached hydrogens (tertiary/aromatic N) is 2. The molecule has 1 unspecified atom stereocenters. The number of aromatic nitrogens is 2. The fourth-order valence-corrected chi connectivity index (χ4v) is 3.11. The lowest BCUT2D eigenvalue weighted by atomic mass is 9.93. The number of aromatic carboxylic acids is 1. The van der Waals surface area contributed by atoms with Crippen molar-refractivity contribution < 1.29 is 9.90 Å². The fourth-order valence-electron chi connectivity index (χ4n) is 3.11. The van der Waals surface area contributed by atoms with Crippen LogP contribution in [0.25, 0.3) is 0 Å². The largest absolute Gasteiger partial charge is 0.476 e. The van der Waals surface area contributed by atoms with Crippen LogP contribution in [0, 0.1) is 11.3 Å². The van der Waals surface area contributed by atoms with Crippen molar-refractivity contribution in [3.63, 3.8) is 0 Å². The van der Waals surface area contributed by atoms with Crippen molar-refractivity contribution in [1.29, 1.82) is 0 Å². The second-order valence-corrected chi connectivity index (χ2v) is 5.42. The Kier molecular flexibility index (Phi) is 2.69. The van der Waals surface area contributed by atoms with E-state index in [4.69, 9.17) is 5.11 Å². The van der Waals surface area contributed by atoms with E-state index >= 15 is 0 Å². The Morgan fingerprint density at radius 1 is 1.39 bits per heavy atom. The molecule has 1 aromatic heterocycles. The van der Waals surface area contributed by atoms with Gasteiger partial charge in [0.05, 0.1) is 12.4 Å². The van der Waals surface area contributed by atoms with E-state index in [1.807, 2.05) is 0 Å². The maximum Gasteiger partial charge on any atom is 0.356 e. The van der Waals surface area contributed by atoms with Crippen LogP contribution >= 0.6 is 0 Å². The number of carboxylic acids is 1. The maximum absolute atomic E-state index is 10.6. The number of rotatable bonds is 4. The Labute approximate surface area is 106 Å². The summed E-state index contributed by atoms with van der Waals surface area (Å²) in [6.07, 6.45) is 9.57. The molecule has 3 rings (SSSR count). The highest BCUT2D eigenvalue weighted by atomic mass is 16.4. The van der Waals surface area contributed by atoms with Gasteiger partial charge in [0.25, 0.3) is 0 Å². The second kappa shape index (κ2) is 4.23. The summed E-state index contributed by atoms with van der Waals surface area (Å²) in [5, 5.41) is 12.0. The summed E-state index contributed by atoms with van der Waals surface area (Å²) in [5.41, 5.74) is 0.613. The van der Waals surface area contributed by atoms with E-state index in [1.165, 1.54) is 44.5 Å². The van der Waals surface area contributed by atoms with E-state index in [-0.39, 0.29) is 5.69 Å². The minimum absolute atomic E-state index is 0.0138. The van der Waals surface area contributed by atoms with Crippen LogP contribution in [0.1, 0.15) is 42.6 Å². The van der Waals surface area contributed by atoms with Crippen molar-refractivity contribution in [3.05, 3.63) is 18.1 Å². The average Bonchev–Trinajstić information content (AvgIpc) is 3.02. The van der Waals surface area contributed by atoms with Gasteiger partial charge in [0.15, 0.2) is 5.69 Å². The zero-order chi connectivity index (χ0) is 12.6. The van der Waals surface area contributed by atoms with Crippen LogP contribution in [-0.4, -0.2) is 27.6 Å². The molecule has 0 aromatic carbocycles. The number of carboxylic acid groups (broad SMARTS) is 1. The molecule has 2 saturated carbocycles. The lowest BCUT2D eigenvalue weighted by molar-refractivity contribution is 0.0690. The first kappa shape index (κ1) is 11.4. The minimum Gasteiger partial charge on any atom is -0.476 e. The normalized spacial score (nSPS) is 24.1. The standard InChI is InChI=1S/C13H17N3O2/c17-12(18)10-7-16-11(8-14-10)15-6-9-2-1-3-13(9)4-5-13/h7-9H,1-6H2,(H,15,16)(H,17,18). The highest BCUT2D eigenvalue weighted by Gasteiger charge is 2.51. The van der Waals surface area contributed by atoms with Crippen molar-refractivity contribution >= 4 is 11.8 Å². The molecule has 0 bridgehead atoms. The smallest absolute Gasteiger partial charge is 0.356 e. The first-order valence-corrected chi connectivity index (χ1v) is 6.49. The molecule has 1 spiro atoms. The highest BCUT2D eigenvalue weighted by Crippen LogP contribution is 2.61. The van der Waals surface area contributed by atoms with Crippen molar-refractivity contribution in [1.82, 2.24) is 9.97 Å². The number of hydrogen-bond acceptors (Lipinski definition) is 4. The van der Waals surface area contributed by atoms with Crippen LogP contribution in [0.3, 0.4) is 0 Å². The van der Waals surface area contributed by atoms with Gasteiger partial charge in [-0.1, -0.05) is 6.42 Å². The molecule has 0 aliphatic heterocycles. The molecule has 0 amide bonds. The van der Waals surface area contributed by atoms with E-state index in [9.17, 15) is 4.79 Å². The average molecular weight is 247 g/mol. The predicted molar refractivity (Wildman–Crippen MR) is 66.5 cm³/mol. The van der Waals surface area contributed by atoms with Gasteiger partial charge in [0, 0.05) is 6.54 Å². The summed E-state index contributed by atoms with van der Waals surface area (Å²) < 4.78 is 0. The quantitative estimate of drug-likeness (QED) is 0.852. The van der Waals surface area contributed by atoms with Gasteiger partial charge >= 0.3 is 5.97 Å². The predicted octanol–water partition coefficient (Wildman–Crippen LogP) is 2.17. The Morgan fingerprint density at radius 2 is 2.22 bits per heavy atom. The van der Waals surface area contributed by atoms with E-state index in [0.29, 0.717) is 11.2 Å². The van der Waals surface area contributed by atoms with Crippen molar-refractivity contribution in [3.8, 4) is 0 Å². The van der Waals surface area contributed by atoms with Gasteiger partial charge < -0.3 is 10.4 Å². The molecule has 96 valence electrons. The van der Waals surface area contributed by atoms with Gasteiger partial charge in [-0.05, 0) is 37.0 Å². The zero-order valence-corrected chi connectivity index (χ0v) is 10.2. The van der Waals surface area contributed by atoms with Crippen LogP contribution < -0.4 is 5.32 Å². The molecular weight excluding hydrogens is 230 g/mol. The van der Waals surface area contributed by atoms with Gasteiger partial charge in [-0.2, -0.15) is 0 Å². The maximum atomic E-state index is 10.6. The molecule has 5 nitrogen and oxygen atoms in total. The monoisotopic (exact) mass is 247 g/mol. The van der Waals surface area contributed by atoms with Crippen molar-refractivity contribution in [2.24, 2.45) is 11.3 Å². The molecule has 1 atom stereocenters. The third-order valence-electron chi connectivity index (χ3n) is 4.39. The van der Waals surface area contributed by atoms with Gasteiger partial charge in [-0.3, -0.25) is 0 Å². The molecule has 2 aliphatic rings. The Bertz CT molecular complexity index is 454. The fraction of sp³-hybridized carbons (Fsp3) is 0.615. The molecule has 0 radical (unpaired) electrons. The summed E-state index contributed by atoms with van der Waals surface area (Å²) in [5.74, 6) is 0.378. The van der Waals surface area contributed by atoms with Crippen LogP contribution in [0.5, 0.6) is 0 Å². The minimum atomic E-state index is -1.04. The topological polar surface area (TPSA) is 75.1 Å². The van der Waals surface area contributed by atoms with E-state index in [2.05, 4.69) is 15.3 Å². The van der Waals surface area contributed by atoms with E-state index in [0.717, 1.165) is 12.5 Å². The Hall–Kier alpha value is -1.65. The third kappa shape index (κ3) is 2.05. The molecule has 1 aromatic rings. The lowest BCUT2D eigenvalue weighted by Crippen LogP contribution is -2.19. The van der Waals surface area contributed by atoms with E-state index < -0.39 is 5.97 Å². The van der Waals surface area contributed by atoms with Gasteiger partial charge in [-0.25, -0.2) is 14.8 Å². The molecule has 18 heavy (non-hydrogen) atoms. The molecule has 2 N–H and O–H groups in total. The SMILES string of the molecule is O=C(O)c1cnc(NCC2CCCC23CC3)cn1. The van der Waals surface area contributed by atoms with Gasteiger partial charge in [-0.15, -0.1) is 0 Å². The summed E-state index contributed by atoms with van der Waals surface area (Å²) in [7, 11) is 0. The first-order valence-electron chi connectivity index (χ1n) is 6.49. The highest BCUT2D eigenvalue weighted by molar-refractivity contribution is 5.84. The number of anilines is 1. The van der Waals surface area contributed by atoms with Crippen LogP contribution in [0.4, 0.5) is 5.82 Å². The first-order chi connectivity index (χ1) is 8.70. The van der Waals surface area contributed by atoms with Crippen LogP contribution in [0.2, 0.25) is 0 Å². The summed E-state index contributed by atoms with van der Waals surface area (Å²) in [6.45, 7) is 0.932. The van der Waals surface area contributed by atoms with Gasteiger partial charge in [0.1, 0.15) is 5.82 Å². The van der Waals surface area contributed by atoms with Crippen LogP contribution in [0.15, 0.2) is 12.4 Å². The molecule has 2 fully saturated rings. The molecular formula is C13H17N3O2. The molecule has 0 saturated heterocycles. The van der Waals surface area contributed by atoms with Gasteiger partial charge in [0.2, 0.25) is 0 Å². The second-order valence-electron chi connectivity index (χ2n) is 5.42. The molecule has 5 heteroatoms. The number of hydrogen-bond donors (Lipinski definition) is 2. The van der Waals surface area contributed by atoms with E-state index in [1.54, 1.807) is 0 Å². The number of nitrogens with one attached hydrogen (secondary N) is 1. The summed E-state index contributed by atoms with van der Waals surface area (Å²) in [4.78, 5) is 18.6. The lowest BCUT2D eigenvalue weighted by Gasteiger charge is -2.18. The zero-order valence-electron chi connectivity index (χ0n) is 10.2. The summed E-state index contributed by atoms with van der Waals surface area (Å²) >= 11 is 0. The Morgan fingerprint density at radius 3 is 2.83 bits per heavy atom. The third-order valence-corrected chi connectivity index (χ3v) is 4.39. The van der Waals surface area contributed by atoms with Crippen molar-refractivity contribution in [2.75, 3.05) is 11.9 Å². The van der Waals surface area contributed by atoms with Crippen molar-refractivity contribution in [2.45, 2.75) is 32.1 Å². The summed E-state index contributed by atoms with van der Waals surface area (Å²) in [6, 6.07) is 0. The molecule has 1 heterocycles. The number of carbonyl (C=O) groups is 1. The molecule has 2 aliphatic carbocycles. The van der Waals surface area contributed by atoms with Crippen LogP contribution in [-0.2, 0) is 0 Å².